The Balaban J connectivity index is 1.48. The van der Waals surface area contributed by atoms with Crippen molar-refractivity contribution >= 4 is 11.0 Å². The summed E-state index contributed by atoms with van der Waals surface area (Å²) in [4.78, 5) is 0. The van der Waals surface area contributed by atoms with Crippen LogP contribution in [0.15, 0.2) is 34.7 Å². The molecule has 3 heterocycles. The molecule has 10 atom stereocenters. The van der Waals surface area contributed by atoms with Gasteiger partial charge in [-0.05, 0) is 6.92 Å². The number of rotatable bonds is 8. The number of fused-ring (bicyclic) bond motifs is 1. The van der Waals surface area contributed by atoms with Crippen LogP contribution >= 0.6 is 0 Å². The normalized spacial score (nSPS) is 31.9. The van der Waals surface area contributed by atoms with Crippen LogP contribution in [-0.4, -0.2) is 128 Å². The van der Waals surface area contributed by atoms with E-state index in [2.05, 4.69) is 0 Å². The first kappa shape index (κ1) is 32.7. The Morgan fingerprint density at radius 1 is 0.711 bits per heavy atom. The molecule has 2 fully saturated rings. The van der Waals surface area contributed by atoms with Crippen molar-refractivity contribution in [3.8, 4) is 45.8 Å². The molecule has 0 unspecified atom stereocenters. The lowest BCUT2D eigenvalue weighted by atomic mass is 9.98. The van der Waals surface area contributed by atoms with Crippen LogP contribution in [0.4, 0.5) is 0 Å². The molecule has 246 valence electrons. The molecule has 16 nitrogen and oxygen atoms in total. The van der Waals surface area contributed by atoms with Gasteiger partial charge in [0.2, 0.25) is 17.8 Å². The van der Waals surface area contributed by atoms with Crippen LogP contribution in [0.5, 0.6) is 34.5 Å². The Hall–Kier alpha value is -3.71. The van der Waals surface area contributed by atoms with E-state index in [4.69, 9.17) is 32.8 Å². The van der Waals surface area contributed by atoms with Gasteiger partial charge in [-0.3, -0.25) is 0 Å². The van der Waals surface area contributed by atoms with E-state index in [0.29, 0.717) is 0 Å². The maximum absolute atomic E-state index is 10.8. The molecular formula is C29H35O16+. The Bertz CT molecular complexity index is 1520. The third-order valence-corrected chi connectivity index (χ3v) is 7.72. The minimum Gasteiger partial charge on any atom is -0.507 e. The van der Waals surface area contributed by atoms with Crippen molar-refractivity contribution in [3.05, 3.63) is 30.3 Å². The van der Waals surface area contributed by atoms with Crippen molar-refractivity contribution in [1.29, 1.82) is 0 Å². The third-order valence-electron chi connectivity index (χ3n) is 7.72. The average Bonchev–Trinajstić information content (AvgIpc) is 3.02. The second-order valence-corrected chi connectivity index (χ2v) is 10.7. The van der Waals surface area contributed by atoms with Crippen LogP contribution in [0.1, 0.15) is 6.92 Å². The number of methoxy groups -OCH3 is 2. The van der Waals surface area contributed by atoms with Crippen LogP contribution < -0.4 is 14.2 Å². The zero-order chi connectivity index (χ0) is 32.7. The standard InChI is InChI=1S/C29H34O16/c1-10-20(32)23(35)25(37)28(42-10)41-9-19-22(34)24(36)26(38)29(45-19)44-18-8-13-14(30)6-12(39-2)7-16(13)43-27(18)11-4-15(31)21(33)17(5-11)40-3/h4-8,10,19-20,22-26,28-29,32,34-38H,9H2,1-3H3,(H2-,30,31,33)/p+1/t10-,19+,20-,22-,23+,24-,25+,26+,28+,29+/m0/s1. The average molecular weight is 640 g/mol. The van der Waals surface area contributed by atoms with Crippen LogP contribution in [0.3, 0.4) is 0 Å². The second-order valence-electron chi connectivity index (χ2n) is 10.7. The minimum absolute atomic E-state index is 0.103. The number of ether oxygens (including phenoxy) is 6. The van der Waals surface area contributed by atoms with Gasteiger partial charge in [-0.1, -0.05) is 0 Å². The van der Waals surface area contributed by atoms with Crippen molar-refractivity contribution in [2.24, 2.45) is 0 Å². The molecule has 0 saturated carbocycles. The fourth-order valence-electron chi connectivity index (χ4n) is 5.08. The second kappa shape index (κ2) is 13.0. The first-order valence-corrected chi connectivity index (χ1v) is 13.8. The van der Waals surface area contributed by atoms with E-state index in [0.717, 1.165) is 6.07 Å². The summed E-state index contributed by atoms with van der Waals surface area (Å²) in [7, 11) is 2.65. The molecule has 9 N–H and O–H groups in total. The SMILES string of the molecule is COc1cc(O)c2cc(O[C@@H]3O[C@H](CO[C@@H]4O[C@@H](C)[C@H](O)[C@@H](O)[C@H]4O)[C@H](O)[C@H](O)[C@H]3O)c(-c3cc(O)c(O)c(OC)c3)[o+]c2c1. The molecule has 0 radical (unpaired) electrons. The van der Waals surface area contributed by atoms with E-state index in [1.807, 2.05) is 0 Å². The molecule has 5 rings (SSSR count). The number of aliphatic hydroxyl groups excluding tert-OH is 6. The fraction of sp³-hybridized carbons (Fsp3) is 0.483. The molecule has 0 spiro atoms. The van der Waals surface area contributed by atoms with Gasteiger partial charge >= 0.3 is 11.3 Å². The number of hydrogen-bond acceptors (Lipinski definition) is 15. The zero-order valence-electron chi connectivity index (χ0n) is 24.3. The molecule has 0 amide bonds. The van der Waals surface area contributed by atoms with Crippen molar-refractivity contribution in [2.45, 2.75) is 68.3 Å². The maximum atomic E-state index is 10.8. The molecule has 1 aromatic heterocycles. The van der Waals surface area contributed by atoms with E-state index in [1.165, 1.54) is 45.4 Å². The van der Waals surface area contributed by atoms with Crippen LogP contribution in [0.2, 0.25) is 0 Å². The molecule has 3 aromatic rings. The number of aromatic hydroxyl groups is 3. The van der Waals surface area contributed by atoms with Crippen molar-refractivity contribution in [1.82, 2.24) is 0 Å². The van der Waals surface area contributed by atoms with Gasteiger partial charge in [0.1, 0.15) is 59.6 Å². The lowest BCUT2D eigenvalue weighted by molar-refractivity contribution is -0.318. The van der Waals surface area contributed by atoms with Gasteiger partial charge in [0.25, 0.3) is 0 Å². The summed E-state index contributed by atoms with van der Waals surface area (Å²) in [6.07, 6.45) is -15.4. The largest absolute Gasteiger partial charge is 0.507 e. The molecule has 2 aromatic carbocycles. The molecule has 0 aliphatic carbocycles. The number of hydrogen-bond donors (Lipinski definition) is 9. The quantitative estimate of drug-likeness (QED) is 0.112. The third kappa shape index (κ3) is 6.24. The van der Waals surface area contributed by atoms with Crippen LogP contribution in [0.25, 0.3) is 22.3 Å². The van der Waals surface area contributed by atoms with Gasteiger partial charge < -0.3 is 74.4 Å². The van der Waals surface area contributed by atoms with E-state index < -0.39 is 79.5 Å². The molecular weight excluding hydrogens is 604 g/mol. The molecule has 45 heavy (non-hydrogen) atoms. The Kier molecular flexibility index (Phi) is 9.41. The molecule has 2 saturated heterocycles. The fourth-order valence-corrected chi connectivity index (χ4v) is 5.08. The minimum atomic E-state index is -1.83. The lowest BCUT2D eigenvalue weighted by Gasteiger charge is -2.42. The summed E-state index contributed by atoms with van der Waals surface area (Å²) in [5, 5.41) is 93.5. The summed E-state index contributed by atoms with van der Waals surface area (Å²) in [5.74, 6) is -1.53. The predicted molar refractivity (Wildman–Crippen MR) is 150 cm³/mol. The zero-order valence-corrected chi connectivity index (χ0v) is 24.3. The maximum Gasteiger partial charge on any atom is 0.402 e. The van der Waals surface area contributed by atoms with Crippen molar-refractivity contribution in [3.63, 3.8) is 0 Å². The van der Waals surface area contributed by atoms with Crippen LogP contribution in [0, 0.1) is 0 Å². The summed E-state index contributed by atoms with van der Waals surface area (Å²) in [6, 6.07) is 6.58. The van der Waals surface area contributed by atoms with E-state index in [1.54, 1.807) is 0 Å². The van der Waals surface area contributed by atoms with Gasteiger partial charge in [-0.2, -0.15) is 0 Å². The van der Waals surface area contributed by atoms with Gasteiger partial charge in [0.15, 0.2) is 17.8 Å². The Morgan fingerprint density at radius 2 is 1.40 bits per heavy atom. The van der Waals surface area contributed by atoms with Crippen molar-refractivity contribution in [2.75, 3.05) is 20.8 Å². The Morgan fingerprint density at radius 3 is 2.09 bits per heavy atom. The number of phenolic OH excluding ortho intramolecular Hbond substituents is 3. The van der Waals surface area contributed by atoms with E-state index in [9.17, 15) is 46.0 Å². The first-order valence-electron chi connectivity index (χ1n) is 13.8. The summed E-state index contributed by atoms with van der Waals surface area (Å²) < 4.78 is 39.0. The highest BCUT2D eigenvalue weighted by atomic mass is 16.7. The number of benzene rings is 2. The first-order chi connectivity index (χ1) is 21.3. The Labute approximate surface area is 255 Å². The monoisotopic (exact) mass is 639 g/mol. The smallest absolute Gasteiger partial charge is 0.402 e. The van der Waals surface area contributed by atoms with Gasteiger partial charge in [-0.15, -0.1) is 0 Å². The van der Waals surface area contributed by atoms with Gasteiger partial charge in [0, 0.05) is 24.3 Å². The number of phenols is 3. The van der Waals surface area contributed by atoms with Crippen LogP contribution in [-0.2, 0) is 14.2 Å². The molecule has 2 aliphatic rings. The summed E-state index contributed by atoms with van der Waals surface area (Å²) >= 11 is 0. The molecule has 2 aliphatic heterocycles. The highest BCUT2D eigenvalue weighted by Crippen LogP contribution is 2.45. The van der Waals surface area contributed by atoms with Gasteiger partial charge in [-0.25, -0.2) is 4.42 Å². The molecule has 16 heteroatoms. The highest BCUT2D eigenvalue weighted by molar-refractivity contribution is 5.88. The topological polar surface area (TPSA) is 249 Å². The highest BCUT2D eigenvalue weighted by Gasteiger charge is 2.48. The van der Waals surface area contributed by atoms with Crippen molar-refractivity contribution < 1.29 is 78.8 Å². The summed E-state index contributed by atoms with van der Waals surface area (Å²) in [5.41, 5.74) is 0.227. The lowest BCUT2D eigenvalue weighted by Crippen LogP contribution is -2.61. The van der Waals surface area contributed by atoms with E-state index >= 15 is 0 Å². The van der Waals surface area contributed by atoms with Gasteiger partial charge in [0.05, 0.1) is 38.6 Å². The summed E-state index contributed by atoms with van der Waals surface area (Å²) in [6.45, 7) is 0.927. The number of aliphatic hydroxyl groups is 6. The van der Waals surface area contributed by atoms with E-state index in [-0.39, 0.29) is 45.3 Å². The predicted octanol–water partition coefficient (Wildman–Crippen LogP) is -0.455. The molecule has 0 bridgehead atoms.